The predicted octanol–water partition coefficient (Wildman–Crippen LogP) is 3.62. The number of unbranched alkanes of at least 4 members (excludes halogenated alkanes) is 1. The molecule has 0 fully saturated rings. The molecule has 5 nitrogen and oxygen atoms in total. The number of benzene rings is 1. The standard InChI is InChI=1S/C18H23ClN4O/c1-3-4-9-21-18-22-13(2)11-16(23-18)17(24)20-10-8-14-6-5-7-15(19)12-14/h5-7,11-12H,3-4,8-10H2,1-2H3,(H,20,24)(H,21,22,23). The van der Waals surface area contributed by atoms with Gasteiger partial charge in [-0.15, -0.1) is 0 Å². The molecule has 0 bridgehead atoms. The first kappa shape index (κ1) is 18.2. The van der Waals surface area contributed by atoms with Crippen LogP contribution in [0.2, 0.25) is 5.02 Å². The van der Waals surface area contributed by atoms with Crippen molar-refractivity contribution in [1.82, 2.24) is 15.3 Å². The first-order valence-electron chi connectivity index (χ1n) is 8.20. The topological polar surface area (TPSA) is 66.9 Å². The van der Waals surface area contributed by atoms with Crippen LogP contribution in [0.1, 0.15) is 41.5 Å². The Labute approximate surface area is 147 Å². The van der Waals surface area contributed by atoms with Gasteiger partial charge >= 0.3 is 0 Å². The summed E-state index contributed by atoms with van der Waals surface area (Å²) in [5.74, 6) is 0.310. The van der Waals surface area contributed by atoms with Crippen LogP contribution in [-0.4, -0.2) is 29.0 Å². The molecule has 0 aliphatic heterocycles. The molecule has 0 aliphatic rings. The summed E-state index contributed by atoms with van der Waals surface area (Å²) in [5, 5.41) is 6.74. The highest BCUT2D eigenvalue weighted by molar-refractivity contribution is 6.30. The predicted molar refractivity (Wildman–Crippen MR) is 97.7 cm³/mol. The fourth-order valence-corrected chi connectivity index (χ4v) is 2.46. The van der Waals surface area contributed by atoms with E-state index in [1.807, 2.05) is 31.2 Å². The SMILES string of the molecule is CCCCNc1nc(C)cc(C(=O)NCCc2cccc(Cl)c2)n1. The van der Waals surface area contributed by atoms with Gasteiger partial charge in [0.2, 0.25) is 5.95 Å². The van der Waals surface area contributed by atoms with Crippen LogP contribution >= 0.6 is 11.6 Å². The minimum atomic E-state index is -0.193. The van der Waals surface area contributed by atoms with Gasteiger partial charge in [-0.2, -0.15) is 0 Å². The van der Waals surface area contributed by atoms with E-state index in [1.165, 1.54) is 0 Å². The number of nitrogens with zero attached hydrogens (tertiary/aromatic N) is 2. The number of rotatable bonds is 8. The smallest absolute Gasteiger partial charge is 0.270 e. The van der Waals surface area contributed by atoms with Gasteiger partial charge in [0.25, 0.3) is 5.91 Å². The van der Waals surface area contributed by atoms with Gasteiger partial charge in [0.1, 0.15) is 5.69 Å². The van der Waals surface area contributed by atoms with Crippen LogP contribution in [0.3, 0.4) is 0 Å². The van der Waals surface area contributed by atoms with Crippen LogP contribution in [0.4, 0.5) is 5.95 Å². The molecule has 0 saturated heterocycles. The Morgan fingerprint density at radius 3 is 2.79 bits per heavy atom. The summed E-state index contributed by atoms with van der Waals surface area (Å²) < 4.78 is 0. The molecule has 0 aliphatic carbocycles. The molecule has 1 heterocycles. The lowest BCUT2D eigenvalue weighted by molar-refractivity contribution is 0.0949. The molecule has 2 aromatic rings. The molecule has 0 unspecified atom stereocenters. The Kier molecular flexibility index (Phi) is 7.00. The van der Waals surface area contributed by atoms with Crippen molar-refractivity contribution in [3.63, 3.8) is 0 Å². The molecule has 0 radical (unpaired) electrons. The molecule has 1 aromatic heterocycles. The molecular weight excluding hydrogens is 324 g/mol. The number of nitrogens with one attached hydrogen (secondary N) is 2. The lowest BCUT2D eigenvalue weighted by Crippen LogP contribution is -2.27. The minimum Gasteiger partial charge on any atom is -0.354 e. The van der Waals surface area contributed by atoms with Gasteiger partial charge in [0.15, 0.2) is 0 Å². The molecule has 2 rings (SSSR count). The van der Waals surface area contributed by atoms with E-state index in [-0.39, 0.29) is 5.91 Å². The number of hydrogen-bond acceptors (Lipinski definition) is 4. The second kappa shape index (κ2) is 9.23. The number of aryl methyl sites for hydroxylation is 1. The highest BCUT2D eigenvalue weighted by Gasteiger charge is 2.10. The Morgan fingerprint density at radius 2 is 2.04 bits per heavy atom. The summed E-state index contributed by atoms with van der Waals surface area (Å²) in [6.45, 7) is 5.31. The molecule has 6 heteroatoms. The maximum atomic E-state index is 12.3. The highest BCUT2D eigenvalue weighted by Crippen LogP contribution is 2.11. The van der Waals surface area contributed by atoms with E-state index in [4.69, 9.17) is 11.6 Å². The molecule has 2 N–H and O–H groups in total. The summed E-state index contributed by atoms with van der Waals surface area (Å²) in [7, 11) is 0. The van der Waals surface area contributed by atoms with Gasteiger partial charge in [0.05, 0.1) is 0 Å². The summed E-state index contributed by atoms with van der Waals surface area (Å²) in [6.07, 6.45) is 2.85. The van der Waals surface area contributed by atoms with Crippen molar-refractivity contribution in [1.29, 1.82) is 0 Å². The zero-order valence-electron chi connectivity index (χ0n) is 14.1. The summed E-state index contributed by atoms with van der Waals surface area (Å²) in [5.41, 5.74) is 2.24. The number of halogens is 1. The average Bonchev–Trinajstić information content (AvgIpc) is 2.54. The third-order valence-corrected chi connectivity index (χ3v) is 3.72. The van der Waals surface area contributed by atoms with Gasteiger partial charge in [-0.25, -0.2) is 9.97 Å². The first-order valence-corrected chi connectivity index (χ1v) is 8.58. The van der Waals surface area contributed by atoms with Crippen molar-refractivity contribution in [2.75, 3.05) is 18.4 Å². The van der Waals surface area contributed by atoms with E-state index < -0.39 is 0 Å². The Bertz CT molecular complexity index is 690. The maximum Gasteiger partial charge on any atom is 0.270 e. The lowest BCUT2D eigenvalue weighted by Gasteiger charge is -2.09. The average molecular weight is 347 g/mol. The van der Waals surface area contributed by atoms with Crippen molar-refractivity contribution < 1.29 is 4.79 Å². The van der Waals surface area contributed by atoms with Crippen LogP contribution in [0.15, 0.2) is 30.3 Å². The summed E-state index contributed by atoms with van der Waals surface area (Å²) in [6, 6.07) is 9.32. The monoisotopic (exact) mass is 346 g/mol. The number of amides is 1. The van der Waals surface area contributed by atoms with Gasteiger partial charge in [-0.3, -0.25) is 4.79 Å². The third kappa shape index (κ3) is 5.81. The van der Waals surface area contributed by atoms with Crippen molar-refractivity contribution in [2.24, 2.45) is 0 Å². The summed E-state index contributed by atoms with van der Waals surface area (Å²) >= 11 is 5.96. The highest BCUT2D eigenvalue weighted by atomic mass is 35.5. The molecule has 0 saturated carbocycles. The maximum absolute atomic E-state index is 12.3. The fourth-order valence-electron chi connectivity index (χ4n) is 2.24. The largest absolute Gasteiger partial charge is 0.354 e. The van der Waals surface area contributed by atoms with Crippen molar-refractivity contribution in [2.45, 2.75) is 33.1 Å². The normalized spacial score (nSPS) is 10.5. The zero-order chi connectivity index (χ0) is 17.4. The molecule has 128 valence electrons. The molecule has 1 amide bonds. The van der Waals surface area contributed by atoms with Crippen molar-refractivity contribution in [3.8, 4) is 0 Å². The lowest BCUT2D eigenvalue weighted by atomic mass is 10.1. The van der Waals surface area contributed by atoms with Gasteiger partial charge in [-0.05, 0) is 43.5 Å². The van der Waals surface area contributed by atoms with E-state index in [2.05, 4.69) is 27.5 Å². The molecule has 24 heavy (non-hydrogen) atoms. The number of anilines is 1. The Balaban J connectivity index is 1.91. The van der Waals surface area contributed by atoms with E-state index in [0.29, 0.717) is 23.2 Å². The van der Waals surface area contributed by atoms with E-state index in [9.17, 15) is 4.79 Å². The third-order valence-electron chi connectivity index (χ3n) is 3.49. The number of aromatic nitrogens is 2. The van der Waals surface area contributed by atoms with Crippen LogP contribution in [0.5, 0.6) is 0 Å². The first-order chi connectivity index (χ1) is 11.6. The number of hydrogen-bond donors (Lipinski definition) is 2. The zero-order valence-corrected chi connectivity index (χ0v) is 14.9. The second-order valence-electron chi connectivity index (χ2n) is 5.63. The number of carbonyl (C=O) groups is 1. The second-order valence-corrected chi connectivity index (χ2v) is 6.07. The molecular formula is C18H23ClN4O. The molecule has 1 aromatic carbocycles. The van der Waals surface area contributed by atoms with Gasteiger partial charge in [0, 0.05) is 23.8 Å². The summed E-state index contributed by atoms with van der Waals surface area (Å²) in [4.78, 5) is 20.9. The minimum absolute atomic E-state index is 0.193. The van der Waals surface area contributed by atoms with Gasteiger partial charge < -0.3 is 10.6 Å². The van der Waals surface area contributed by atoms with Crippen LogP contribution in [0.25, 0.3) is 0 Å². The van der Waals surface area contributed by atoms with E-state index in [1.54, 1.807) is 6.07 Å². The fraction of sp³-hybridized carbons (Fsp3) is 0.389. The van der Waals surface area contributed by atoms with Gasteiger partial charge in [-0.1, -0.05) is 37.1 Å². The van der Waals surface area contributed by atoms with E-state index >= 15 is 0 Å². The van der Waals surface area contributed by atoms with Crippen molar-refractivity contribution in [3.05, 3.63) is 52.3 Å². The van der Waals surface area contributed by atoms with Crippen molar-refractivity contribution >= 4 is 23.5 Å². The molecule has 0 atom stereocenters. The van der Waals surface area contributed by atoms with Crippen LogP contribution < -0.4 is 10.6 Å². The Hall–Kier alpha value is -2.14. The molecule has 0 spiro atoms. The van der Waals surface area contributed by atoms with Crippen LogP contribution in [0, 0.1) is 6.92 Å². The quantitative estimate of drug-likeness (QED) is 0.716. The number of carbonyl (C=O) groups excluding carboxylic acids is 1. The van der Waals surface area contributed by atoms with E-state index in [0.717, 1.165) is 37.1 Å². The Morgan fingerprint density at radius 1 is 1.21 bits per heavy atom. The van der Waals surface area contributed by atoms with Crippen LogP contribution in [-0.2, 0) is 6.42 Å².